The largest absolute Gasteiger partial charge is 0.311 e. The SMILES string of the molecule is CCc1nc2cc(Br)cnc2n1CC(C)C#N. The van der Waals surface area contributed by atoms with Crippen molar-refractivity contribution >= 4 is 27.1 Å². The number of nitriles is 1. The molecule has 2 rings (SSSR count). The number of fused-ring (bicyclic) bond motifs is 1. The molecule has 0 aromatic carbocycles. The molecule has 0 N–H and O–H groups in total. The monoisotopic (exact) mass is 292 g/mol. The Bertz CT molecular complexity index is 582. The number of pyridine rings is 1. The zero-order chi connectivity index (χ0) is 12.4. The van der Waals surface area contributed by atoms with E-state index in [4.69, 9.17) is 5.26 Å². The lowest BCUT2D eigenvalue weighted by Crippen LogP contribution is -2.09. The summed E-state index contributed by atoms with van der Waals surface area (Å²) in [5.41, 5.74) is 1.73. The Balaban J connectivity index is 2.55. The summed E-state index contributed by atoms with van der Waals surface area (Å²) in [5, 5.41) is 8.90. The van der Waals surface area contributed by atoms with E-state index in [1.807, 2.05) is 17.6 Å². The third-order valence-corrected chi connectivity index (χ3v) is 3.06. The second kappa shape index (κ2) is 4.84. The molecule has 0 spiro atoms. The van der Waals surface area contributed by atoms with Gasteiger partial charge in [0.15, 0.2) is 5.65 Å². The second-order valence-corrected chi connectivity index (χ2v) is 4.93. The average molecular weight is 293 g/mol. The number of imidazole rings is 1. The molecule has 0 bridgehead atoms. The van der Waals surface area contributed by atoms with Crippen LogP contribution < -0.4 is 0 Å². The van der Waals surface area contributed by atoms with Gasteiger partial charge < -0.3 is 4.57 Å². The number of aryl methyl sites for hydroxylation is 1. The highest BCUT2D eigenvalue weighted by molar-refractivity contribution is 9.10. The number of nitrogens with zero attached hydrogens (tertiary/aromatic N) is 4. The van der Waals surface area contributed by atoms with E-state index in [-0.39, 0.29) is 5.92 Å². The van der Waals surface area contributed by atoms with Crippen LogP contribution in [-0.4, -0.2) is 14.5 Å². The maximum absolute atomic E-state index is 8.90. The van der Waals surface area contributed by atoms with Crippen LogP contribution >= 0.6 is 15.9 Å². The van der Waals surface area contributed by atoms with Gasteiger partial charge in [-0.25, -0.2) is 9.97 Å². The van der Waals surface area contributed by atoms with Crippen LogP contribution in [0.25, 0.3) is 11.2 Å². The average Bonchev–Trinajstić information content (AvgIpc) is 2.66. The van der Waals surface area contributed by atoms with Crippen LogP contribution in [0.15, 0.2) is 16.7 Å². The van der Waals surface area contributed by atoms with Crippen molar-refractivity contribution in [2.75, 3.05) is 0 Å². The summed E-state index contributed by atoms with van der Waals surface area (Å²) in [6.45, 7) is 4.61. The molecule has 0 aliphatic heterocycles. The van der Waals surface area contributed by atoms with Gasteiger partial charge in [0.25, 0.3) is 0 Å². The van der Waals surface area contributed by atoms with E-state index in [2.05, 4.69) is 38.9 Å². The minimum Gasteiger partial charge on any atom is -0.311 e. The van der Waals surface area contributed by atoms with E-state index < -0.39 is 0 Å². The van der Waals surface area contributed by atoms with Gasteiger partial charge in [-0.1, -0.05) is 6.92 Å². The van der Waals surface area contributed by atoms with Gasteiger partial charge in [-0.3, -0.25) is 0 Å². The summed E-state index contributed by atoms with van der Waals surface area (Å²) >= 11 is 3.39. The minimum atomic E-state index is -0.0388. The van der Waals surface area contributed by atoms with Crippen molar-refractivity contribution in [2.45, 2.75) is 26.8 Å². The van der Waals surface area contributed by atoms with E-state index in [0.717, 1.165) is 27.9 Å². The van der Waals surface area contributed by atoms with Crippen molar-refractivity contribution in [3.8, 4) is 6.07 Å². The van der Waals surface area contributed by atoms with Crippen LogP contribution in [0.3, 0.4) is 0 Å². The van der Waals surface area contributed by atoms with Crippen molar-refractivity contribution < 1.29 is 0 Å². The summed E-state index contributed by atoms with van der Waals surface area (Å²) in [6, 6.07) is 4.20. The molecule has 0 saturated heterocycles. The maximum atomic E-state index is 8.90. The molecule has 0 aliphatic carbocycles. The summed E-state index contributed by atoms with van der Waals surface area (Å²) < 4.78 is 2.96. The molecule has 1 atom stereocenters. The molecule has 2 heterocycles. The van der Waals surface area contributed by atoms with Crippen molar-refractivity contribution in [3.05, 3.63) is 22.6 Å². The van der Waals surface area contributed by atoms with Crippen LogP contribution in [0.5, 0.6) is 0 Å². The van der Waals surface area contributed by atoms with Gasteiger partial charge in [0, 0.05) is 23.6 Å². The molecule has 0 aliphatic rings. The lowest BCUT2D eigenvalue weighted by Gasteiger charge is -2.08. The van der Waals surface area contributed by atoms with Gasteiger partial charge in [-0.05, 0) is 28.9 Å². The molecule has 2 aromatic rings. The Morgan fingerprint density at radius 2 is 2.35 bits per heavy atom. The maximum Gasteiger partial charge on any atom is 0.160 e. The predicted molar refractivity (Wildman–Crippen MR) is 69.4 cm³/mol. The van der Waals surface area contributed by atoms with E-state index in [1.54, 1.807) is 6.20 Å². The van der Waals surface area contributed by atoms with E-state index >= 15 is 0 Å². The summed E-state index contributed by atoms with van der Waals surface area (Å²) in [7, 11) is 0. The highest BCUT2D eigenvalue weighted by atomic mass is 79.9. The predicted octanol–water partition coefficient (Wildman–Crippen LogP) is 2.92. The Hall–Kier alpha value is -1.41. The molecule has 0 saturated carbocycles. The highest BCUT2D eigenvalue weighted by Crippen LogP contribution is 2.19. The Morgan fingerprint density at radius 1 is 1.59 bits per heavy atom. The van der Waals surface area contributed by atoms with Gasteiger partial charge in [0.1, 0.15) is 11.3 Å². The number of rotatable bonds is 3. The molecule has 0 fully saturated rings. The fourth-order valence-electron chi connectivity index (χ4n) is 1.81. The van der Waals surface area contributed by atoms with Crippen molar-refractivity contribution in [1.29, 1.82) is 5.26 Å². The molecule has 88 valence electrons. The molecule has 0 radical (unpaired) electrons. The third kappa shape index (κ3) is 2.32. The quantitative estimate of drug-likeness (QED) is 0.874. The molecule has 1 unspecified atom stereocenters. The summed E-state index contributed by atoms with van der Waals surface area (Å²) in [6.07, 6.45) is 2.60. The first-order valence-corrected chi connectivity index (χ1v) is 6.35. The molecule has 0 amide bonds. The van der Waals surface area contributed by atoms with Gasteiger partial charge in [0.05, 0.1) is 12.0 Å². The van der Waals surface area contributed by atoms with E-state index in [1.165, 1.54) is 0 Å². The number of aromatic nitrogens is 3. The zero-order valence-corrected chi connectivity index (χ0v) is 11.4. The van der Waals surface area contributed by atoms with Crippen LogP contribution in [0.4, 0.5) is 0 Å². The third-order valence-electron chi connectivity index (χ3n) is 2.62. The lowest BCUT2D eigenvalue weighted by atomic mass is 10.2. The first kappa shape index (κ1) is 12.1. The van der Waals surface area contributed by atoms with Gasteiger partial charge in [-0.2, -0.15) is 5.26 Å². The fourth-order valence-corrected chi connectivity index (χ4v) is 2.13. The zero-order valence-electron chi connectivity index (χ0n) is 9.81. The summed E-state index contributed by atoms with van der Waals surface area (Å²) in [4.78, 5) is 8.92. The number of halogens is 1. The van der Waals surface area contributed by atoms with Crippen molar-refractivity contribution in [1.82, 2.24) is 14.5 Å². The van der Waals surface area contributed by atoms with Crippen LogP contribution in [0.1, 0.15) is 19.7 Å². The summed E-state index contributed by atoms with van der Waals surface area (Å²) in [5.74, 6) is 0.941. The van der Waals surface area contributed by atoms with Crippen LogP contribution in [-0.2, 0) is 13.0 Å². The standard InChI is InChI=1S/C12H13BrN4/c1-3-11-16-10-4-9(13)6-15-12(10)17(11)7-8(2)5-14/h4,6,8H,3,7H2,1-2H3. The van der Waals surface area contributed by atoms with Crippen molar-refractivity contribution in [2.24, 2.45) is 5.92 Å². The van der Waals surface area contributed by atoms with E-state index in [9.17, 15) is 0 Å². The van der Waals surface area contributed by atoms with Crippen LogP contribution in [0, 0.1) is 17.2 Å². The van der Waals surface area contributed by atoms with Gasteiger partial charge in [-0.15, -0.1) is 0 Å². The topological polar surface area (TPSA) is 54.5 Å². The molecule has 5 heteroatoms. The Kier molecular flexibility index (Phi) is 3.43. The Morgan fingerprint density at radius 3 is 3.00 bits per heavy atom. The lowest BCUT2D eigenvalue weighted by molar-refractivity contribution is 0.569. The smallest absolute Gasteiger partial charge is 0.160 e. The van der Waals surface area contributed by atoms with Gasteiger partial charge in [0.2, 0.25) is 0 Å². The molecule has 17 heavy (non-hydrogen) atoms. The van der Waals surface area contributed by atoms with Crippen LogP contribution in [0.2, 0.25) is 0 Å². The van der Waals surface area contributed by atoms with Crippen molar-refractivity contribution in [3.63, 3.8) is 0 Å². The van der Waals surface area contributed by atoms with E-state index in [0.29, 0.717) is 6.54 Å². The highest BCUT2D eigenvalue weighted by Gasteiger charge is 2.13. The molecular formula is C12H13BrN4. The fraction of sp³-hybridized carbons (Fsp3) is 0.417. The Labute approximate surface area is 108 Å². The molecule has 4 nitrogen and oxygen atoms in total. The molecule has 2 aromatic heterocycles. The number of hydrogen-bond acceptors (Lipinski definition) is 3. The normalized spacial score (nSPS) is 12.6. The second-order valence-electron chi connectivity index (χ2n) is 4.02. The first-order valence-electron chi connectivity index (χ1n) is 5.56. The van der Waals surface area contributed by atoms with Gasteiger partial charge >= 0.3 is 0 Å². The first-order chi connectivity index (χ1) is 8.15. The molecular weight excluding hydrogens is 280 g/mol. The number of hydrogen-bond donors (Lipinski definition) is 0. The minimum absolute atomic E-state index is 0.0388.